The summed E-state index contributed by atoms with van der Waals surface area (Å²) >= 11 is 0. The van der Waals surface area contributed by atoms with Crippen molar-refractivity contribution >= 4 is 11.6 Å². The molecule has 1 N–H and O–H groups in total. The zero-order valence-electron chi connectivity index (χ0n) is 11.2. The Morgan fingerprint density at radius 3 is 2.76 bits per heavy atom. The predicted octanol–water partition coefficient (Wildman–Crippen LogP) is 2.78. The maximum atomic E-state index is 13.2. The lowest BCUT2D eigenvalue weighted by Gasteiger charge is -2.11. The third-order valence-corrected chi connectivity index (χ3v) is 3.32. The normalized spacial score (nSPS) is 14.1. The molecular formula is C16H13FN2O2. The van der Waals surface area contributed by atoms with Gasteiger partial charge in [0.25, 0.3) is 5.91 Å². The minimum absolute atomic E-state index is 0.135. The third kappa shape index (κ3) is 2.63. The average molecular weight is 284 g/mol. The fraction of sp³-hybridized carbons (Fsp3) is 0.125. The molecule has 3 rings (SSSR count). The van der Waals surface area contributed by atoms with Crippen LogP contribution < -0.4 is 0 Å². The highest BCUT2D eigenvalue weighted by molar-refractivity contribution is 6.05. The summed E-state index contributed by atoms with van der Waals surface area (Å²) in [7, 11) is 0. The van der Waals surface area contributed by atoms with Crippen LogP contribution in [-0.4, -0.2) is 28.3 Å². The summed E-state index contributed by atoms with van der Waals surface area (Å²) in [5, 5.41) is 15.4. The van der Waals surface area contributed by atoms with E-state index in [4.69, 9.17) is 0 Å². The van der Waals surface area contributed by atoms with Crippen molar-refractivity contribution in [2.24, 2.45) is 5.10 Å². The maximum absolute atomic E-state index is 13.2. The van der Waals surface area contributed by atoms with Gasteiger partial charge in [0, 0.05) is 17.5 Å². The molecule has 0 radical (unpaired) electrons. The van der Waals surface area contributed by atoms with Crippen LogP contribution in [-0.2, 0) is 0 Å². The van der Waals surface area contributed by atoms with Gasteiger partial charge in [-0.15, -0.1) is 0 Å². The number of halogens is 1. The van der Waals surface area contributed by atoms with E-state index in [1.807, 2.05) is 0 Å². The first-order valence-corrected chi connectivity index (χ1v) is 6.58. The minimum Gasteiger partial charge on any atom is -0.507 e. The third-order valence-electron chi connectivity index (χ3n) is 3.32. The van der Waals surface area contributed by atoms with Crippen molar-refractivity contribution in [1.29, 1.82) is 0 Å². The molecule has 0 saturated carbocycles. The van der Waals surface area contributed by atoms with Gasteiger partial charge in [-0.25, -0.2) is 9.40 Å². The second-order valence-electron chi connectivity index (χ2n) is 4.75. The van der Waals surface area contributed by atoms with Gasteiger partial charge in [0.05, 0.1) is 12.3 Å². The largest absolute Gasteiger partial charge is 0.507 e. The van der Waals surface area contributed by atoms with Crippen LogP contribution in [0.15, 0.2) is 53.6 Å². The monoisotopic (exact) mass is 284 g/mol. The van der Waals surface area contributed by atoms with E-state index in [9.17, 15) is 14.3 Å². The zero-order chi connectivity index (χ0) is 14.8. The van der Waals surface area contributed by atoms with Crippen LogP contribution in [0.2, 0.25) is 0 Å². The van der Waals surface area contributed by atoms with E-state index in [1.54, 1.807) is 30.3 Å². The van der Waals surface area contributed by atoms with E-state index in [-0.39, 0.29) is 17.2 Å². The van der Waals surface area contributed by atoms with Gasteiger partial charge in [0.1, 0.15) is 11.6 Å². The predicted molar refractivity (Wildman–Crippen MR) is 76.7 cm³/mol. The van der Waals surface area contributed by atoms with E-state index >= 15 is 0 Å². The van der Waals surface area contributed by atoms with Crippen molar-refractivity contribution in [3.8, 4) is 5.75 Å². The smallest absolute Gasteiger partial charge is 0.274 e. The molecule has 0 aliphatic carbocycles. The standard InChI is InChI=1S/C16H13FN2O2/c17-12-5-3-4-11(10-12)16(21)19-9-8-14(18-19)13-6-1-2-7-15(13)20/h1-7,10,20H,8-9H2. The molecule has 0 unspecified atom stereocenters. The summed E-state index contributed by atoms with van der Waals surface area (Å²) in [5.41, 5.74) is 1.53. The average Bonchev–Trinajstić information content (AvgIpc) is 2.96. The first-order valence-electron chi connectivity index (χ1n) is 6.58. The summed E-state index contributed by atoms with van der Waals surface area (Å²) in [6.45, 7) is 0.416. The van der Waals surface area contributed by atoms with Crippen molar-refractivity contribution in [2.45, 2.75) is 6.42 Å². The molecule has 1 aliphatic heterocycles. The highest BCUT2D eigenvalue weighted by Crippen LogP contribution is 2.23. The van der Waals surface area contributed by atoms with Gasteiger partial charge in [0.15, 0.2) is 0 Å². The van der Waals surface area contributed by atoms with E-state index in [1.165, 1.54) is 23.2 Å². The number of aromatic hydroxyl groups is 1. The number of hydrogen-bond donors (Lipinski definition) is 1. The van der Waals surface area contributed by atoms with Crippen LogP contribution in [0.5, 0.6) is 5.75 Å². The van der Waals surface area contributed by atoms with Crippen molar-refractivity contribution < 1.29 is 14.3 Å². The summed E-state index contributed by atoms with van der Waals surface area (Å²) in [5.74, 6) is -0.666. The molecule has 0 aromatic heterocycles. The molecule has 0 fully saturated rings. The van der Waals surface area contributed by atoms with Gasteiger partial charge in [-0.3, -0.25) is 4.79 Å². The number of amides is 1. The van der Waals surface area contributed by atoms with Gasteiger partial charge in [-0.1, -0.05) is 18.2 Å². The van der Waals surface area contributed by atoms with Crippen LogP contribution in [0.4, 0.5) is 4.39 Å². The second kappa shape index (κ2) is 5.36. The fourth-order valence-electron chi connectivity index (χ4n) is 2.28. The second-order valence-corrected chi connectivity index (χ2v) is 4.75. The SMILES string of the molecule is O=C(c1cccc(F)c1)N1CCC(c2ccccc2O)=N1. The first kappa shape index (κ1) is 13.3. The molecule has 1 aliphatic rings. The molecule has 21 heavy (non-hydrogen) atoms. The van der Waals surface area contributed by atoms with E-state index in [2.05, 4.69) is 5.10 Å². The summed E-state index contributed by atoms with van der Waals surface area (Å²) < 4.78 is 13.2. The van der Waals surface area contributed by atoms with Crippen LogP contribution in [0.25, 0.3) is 0 Å². The van der Waals surface area contributed by atoms with Crippen LogP contribution in [0.1, 0.15) is 22.3 Å². The molecule has 2 aromatic rings. The lowest BCUT2D eigenvalue weighted by molar-refractivity contribution is 0.0778. The van der Waals surface area contributed by atoms with Crippen molar-refractivity contribution in [3.63, 3.8) is 0 Å². The molecule has 0 bridgehead atoms. The number of hydrazone groups is 1. The summed E-state index contributed by atoms with van der Waals surface area (Å²) in [6.07, 6.45) is 0.554. The Morgan fingerprint density at radius 2 is 2.00 bits per heavy atom. The van der Waals surface area contributed by atoms with Crippen LogP contribution >= 0.6 is 0 Å². The molecule has 0 saturated heterocycles. The number of rotatable bonds is 2. The number of phenolic OH excluding ortho intramolecular Hbond substituents is 1. The number of hydrogen-bond acceptors (Lipinski definition) is 3. The molecule has 2 aromatic carbocycles. The molecule has 106 valence electrons. The molecule has 4 nitrogen and oxygen atoms in total. The number of nitrogens with zero attached hydrogens (tertiary/aromatic N) is 2. The number of benzene rings is 2. The minimum atomic E-state index is -0.454. The first-order chi connectivity index (χ1) is 10.1. The lowest BCUT2D eigenvalue weighted by Crippen LogP contribution is -2.23. The Balaban J connectivity index is 1.86. The highest BCUT2D eigenvalue weighted by Gasteiger charge is 2.24. The Bertz CT molecular complexity index is 728. The maximum Gasteiger partial charge on any atom is 0.274 e. The lowest BCUT2D eigenvalue weighted by atomic mass is 10.1. The molecule has 0 atom stereocenters. The Labute approximate surface area is 121 Å². The van der Waals surface area contributed by atoms with Crippen LogP contribution in [0, 0.1) is 5.82 Å². The van der Waals surface area contributed by atoms with E-state index in [0.29, 0.717) is 24.2 Å². The fourth-order valence-corrected chi connectivity index (χ4v) is 2.28. The number of carbonyl (C=O) groups is 1. The van der Waals surface area contributed by atoms with Gasteiger partial charge >= 0.3 is 0 Å². The van der Waals surface area contributed by atoms with Gasteiger partial charge in [0.2, 0.25) is 0 Å². The topological polar surface area (TPSA) is 52.9 Å². The summed E-state index contributed by atoms with van der Waals surface area (Å²) in [6, 6.07) is 12.4. The highest BCUT2D eigenvalue weighted by atomic mass is 19.1. The molecule has 1 heterocycles. The number of para-hydroxylation sites is 1. The van der Waals surface area contributed by atoms with Crippen LogP contribution in [0.3, 0.4) is 0 Å². The van der Waals surface area contributed by atoms with E-state index < -0.39 is 5.82 Å². The summed E-state index contributed by atoms with van der Waals surface area (Å²) in [4.78, 5) is 12.3. The Morgan fingerprint density at radius 1 is 1.19 bits per heavy atom. The van der Waals surface area contributed by atoms with Crippen molar-refractivity contribution in [1.82, 2.24) is 5.01 Å². The molecule has 5 heteroatoms. The number of carbonyl (C=O) groups excluding carboxylic acids is 1. The van der Waals surface area contributed by atoms with Crippen molar-refractivity contribution in [2.75, 3.05) is 6.54 Å². The zero-order valence-corrected chi connectivity index (χ0v) is 11.2. The van der Waals surface area contributed by atoms with E-state index in [0.717, 1.165) is 0 Å². The Kier molecular flexibility index (Phi) is 3.39. The molecule has 0 spiro atoms. The molecular weight excluding hydrogens is 271 g/mol. The Hall–Kier alpha value is -2.69. The number of phenols is 1. The van der Waals surface area contributed by atoms with Gasteiger partial charge in [-0.05, 0) is 30.3 Å². The molecule has 1 amide bonds. The van der Waals surface area contributed by atoms with Crippen molar-refractivity contribution in [3.05, 3.63) is 65.5 Å². The quantitative estimate of drug-likeness (QED) is 0.922. The van der Waals surface area contributed by atoms with Gasteiger partial charge in [-0.2, -0.15) is 5.10 Å². The van der Waals surface area contributed by atoms with Gasteiger partial charge < -0.3 is 5.11 Å².